The summed E-state index contributed by atoms with van der Waals surface area (Å²) in [6.07, 6.45) is -7.35. The van der Waals surface area contributed by atoms with Crippen molar-refractivity contribution in [1.82, 2.24) is 19.5 Å². The van der Waals surface area contributed by atoms with Crippen molar-refractivity contribution in [1.29, 1.82) is 0 Å². The number of imidazole rings is 1. The number of hydrogen-bond acceptors (Lipinski definition) is 9. The molecular weight excluding hydrogens is 486 g/mol. The van der Waals surface area contributed by atoms with Crippen molar-refractivity contribution >= 4 is 36.5 Å². The predicted octanol–water partition coefficient (Wildman–Crippen LogP) is 3.78. The molecular formula is C18H21F3N5O5PS. The van der Waals surface area contributed by atoms with E-state index >= 15 is 0 Å². The van der Waals surface area contributed by atoms with E-state index in [0.717, 1.165) is 0 Å². The Labute approximate surface area is 190 Å². The minimum atomic E-state index is -4.77. The second kappa shape index (κ2) is 9.85. The van der Waals surface area contributed by atoms with Crippen molar-refractivity contribution in [3.63, 3.8) is 0 Å². The third-order valence-electron chi connectivity index (χ3n) is 4.24. The van der Waals surface area contributed by atoms with Gasteiger partial charge in [-0.1, -0.05) is 17.8 Å². The molecule has 180 valence electrons. The maximum Gasteiger partial charge on any atom is 0.414 e. The van der Waals surface area contributed by atoms with E-state index in [2.05, 4.69) is 19.5 Å². The van der Waals surface area contributed by atoms with Crippen LogP contribution in [0.2, 0.25) is 0 Å². The zero-order chi connectivity index (χ0) is 24.4. The summed E-state index contributed by atoms with van der Waals surface area (Å²) in [5.41, 5.74) is 6.63. The number of fused-ring (bicyclic) bond motifs is 1. The summed E-state index contributed by atoms with van der Waals surface area (Å²) in [4.78, 5) is 23.0. The topological polar surface area (TPSA) is 146 Å². The fourth-order valence-electron chi connectivity index (χ4n) is 2.69. The lowest BCUT2D eigenvalue weighted by atomic mass is 10.3. The van der Waals surface area contributed by atoms with Crippen LogP contribution in [0.1, 0.15) is 13.8 Å². The SMILES string of the molecule is CC(Cn1cnc2c(Sc3cccc(O)c3)nc(N)nc21)OCP(=O)(O)OC(C)C(F)(F)F. The highest BCUT2D eigenvalue weighted by atomic mass is 32.2. The van der Waals surface area contributed by atoms with Gasteiger partial charge in [0, 0.05) is 4.90 Å². The molecule has 10 nitrogen and oxygen atoms in total. The van der Waals surface area contributed by atoms with Gasteiger partial charge < -0.3 is 25.0 Å². The molecule has 2 aromatic heterocycles. The van der Waals surface area contributed by atoms with Gasteiger partial charge in [0.25, 0.3) is 0 Å². The molecule has 0 fully saturated rings. The second-order valence-electron chi connectivity index (χ2n) is 7.09. The third-order valence-corrected chi connectivity index (χ3v) is 6.33. The first-order valence-electron chi connectivity index (χ1n) is 9.48. The number of nitrogen functional groups attached to an aromatic ring is 1. The van der Waals surface area contributed by atoms with Gasteiger partial charge in [-0.05, 0) is 32.0 Å². The third kappa shape index (κ3) is 6.81. The summed E-state index contributed by atoms with van der Waals surface area (Å²) >= 11 is 1.22. The van der Waals surface area contributed by atoms with E-state index in [-0.39, 0.29) is 18.2 Å². The average Bonchev–Trinajstić information content (AvgIpc) is 3.08. The van der Waals surface area contributed by atoms with Crippen LogP contribution < -0.4 is 5.73 Å². The molecule has 0 amide bonds. The van der Waals surface area contributed by atoms with Gasteiger partial charge in [-0.3, -0.25) is 9.09 Å². The standard InChI is InChI=1S/C18H21F3N5O5PS/c1-10(30-9-32(28,29)31-11(2)18(19,20)21)7-26-8-23-14-15(26)24-17(22)25-16(14)33-13-5-3-4-12(27)6-13/h3-6,8,10-11,27H,7,9H2,1-2H3,(H,28,29)(H2,22,24,25). The summed E-state index contributed by atoms with van der Waals surface area (Å²) in [5, 5.41) is 10.1. The van der Waals surface area contributed by atoms with Crippen LogP contribution in [0.15, 0.2) is 40.5 Å². The smallest absolute Gasteiger partial charge is 0.414 e. The fourth-order valence-corrected chi connectivity index (χ4v) is 4.73. The minimum Gasteiger partial charge on any atom is -0.508 e. The van der Waals surface area contributed by atoms with Crippen molar-refractivity contribution in [3.8, 4) is 5.75 Å². The molecule has 0 aliphatic carbocycles. The van der Waals surface area contributed by atoms with E-state index in [1.165, 1.54) is 24.2 Å². The molecule has 0 bridgehead atoms. The summed E-state index contributed by atoms with van der Waals surface area (Å²) in [7, 11) is -4.63. The van der Waals surface area contributed by atoms with Crippen molar-refractivity contribution in [3.05, 3.63) is 30.6 Å². The van der Waals surface area contributed by atoms with Crippen molar-refractivity contribution in [2.75, 3.05) is 12.1 Å². The Bertz CT molecular complexity index is 1180. The number of rotatable bonds is 9. The quantitative estimate of drug-likeness (QED) is 0.289. The lowest BCUT2D eigenvalue weighted by molar-refractivity contribution is -0.191. The summed E-state index contributed by atoms with van der Waals surface area (Å²) in [6, 6.07) is 6.53. The highest BCUT2D eigenvalue weighted by Crippen LogP contribution is 2.46. The van der Waals surface area contributed by atoms with E-state index in [0.29, 0.717) is 28.0 Å². The van der Waals surface area contributed by atoms with Crippen LogP contribution in [0.5, 0.6) is 5.75 Å². The number of anilines is 1. The Morgan fingerprint density at radius 3 is 2.70 bits per heavy atom. The molecule has 0 saturated heterocycles. The number of hydrogen-bond donors (Lipinski definition) is 3. The van der Waals surface area contributed by atoms with Crippen molar-refractivity contribution in [2.45, 2.75) is 48.7 Å². The molecule has 1 aromatic carbocycles. The van der Waals surface area contributed by atoms with E-state index in [9.17, 15) is 27.7 Å². The summed E-state index contributed by atoms with van der Waals surface area (Å²) in [5.74, 6) is 0.0689. The predicted molar refractivity (Wildman–Crippen MR) is 114 cm³/mol. The number of aromatic hydroxyl groups is 1. The molecule has 3 aromatic rings. The number of benzene rings is 1. The maximum atomic E-state index is 12.6. The number of halogens is 3. The number of aromatic nitrogens is 4. The Hall–Kier alpha value is -2.38. The maximum absolute atomic E-state index is 12.6. The van der Waals surface area contributed by atoms with E-state index in [1.54, 1.807) is 29.7 Å². The lowest BCUT2D eigenvalue weighted by Crippen LogP contribution is -2.28. The average molecular weight is 507 g/mol. The zero-order valence-electron chi connectivity index (χ0n) is 17.4. The van der Waals surface area contributed by atoms with E-state index < -0.39 is 32.3 Å². The molecule has 15 heteroatoms. The van der Waals surface area contributed by atoms with Gasteiger partial charge in [-0.15, -0.1) is 0 Å². The number of phenols is 1. The van der Waals surface area contributed by atoms with Gasteiger partial charge in [0.15, 0.2) is 11.8 Å². The Kier molecular flexibility index (Phi) is 7.54. The Balaban J connectivity index is 1.70. The molecule has 0 aliphatic rings. The van der Waals surface area contributed by atoms with Crippen LogP contribution in [0, 0.1) is 0 Å². The first-order valence-corrected chi connectivity index (χ1v) is 12.1. The van der Waals surface area contributed by atoms with Crippen LogP contribution in [-0.4, -0.2) is 54.3 Å². The highest BCUT2D eigenvalue weighted by molar-refractivity contribution is 7.99. The highest BCUT2D eigenvalue weighted by Gasteiger charge is 2.41. The monoisotopic (exact) mass is 507 g/mol. The Morgan fingerprint density at radius 1 is 1.30 bits per heavy atom. The van der Waals surface area contributed by atoms with Crippen LogP contribution in [0.3, 0.4) is 0 Å². The molecule has 3 atom stereocenters. The van der Waals surface area contributed by atoms with Crippen LogP contribution in [-0.2, 0) is 20.4 Å². The van der Waals surface area contributed by atoms with Gasteiger partial charge in [0.05, 0.1) is 19.0 Å². The van der Waals surface area contributed by atoms with Gasteiger partial charge >= 0.3 is 13.8 Å². The molecule has 2 heterocycles. The number of ether oxygens (including phenoxy) is 1. The molecule has 0 aliphatic heterocycles. The fraction of sp³-hybridized carbons (Fsp3) is 0.389. The van der Waals surface area contributed by atoms with Crippen molar-refractivity contribution in [2.24, 2.45) is 0 Å². The number of alkyl halides is 3. The minimum absolute atomic E-state index is 0.0186. The lowest BCUT2D eigenvalue weighted by Gasteiger charge is -2.21. The van der Waals surface area contributed by atoms with Gasteiger partial charge in [-0.25, -0.2) is 9.97 Å². The second-order valence-corrected chi connectivity index (χ2v) is 9.89. The van der Waals surface area contributed by atoms with E-state index in [1.807, 2.05) is 0 Å². The van der Waals surface area contributed by atoms with Crippen LogP contribution in [0.4, 0.5) is 19.1 Å². The molecule has 0 radical (unpaired) electrons. The normalized spacial score (nSPS) is 15.9. The van der Waals surface area contributed by atoms with Gasteiger partial charge in [0.1, 0.15) is 22.6 Å². The number of nitrogens with zero attached hydrogens (tertiary/aromatic N) is 4. The molecule has 0 saturated carbocycles. The summed E-state index contributed by atoms with van der Waals surface area (Å²) < 4.78 is 60.6. The van der Waals surface area contributed by atoms with Crippen LogP contribution >= 0.6 is 19.4 Å². The summed E-state index contributed by atoms with van der Waals surface area (Å²) in [6.45, 7) is 2.31. The zero-order valence-corrected chi connectivity index (χ0v) is 19.1. The molecule has 33 heavy (non-hydrogen) atoms. The molecule has 3 rings (SSSR count). The first-order chi connectivity index (χ1) is 15.3. The number of phenolic OH excluding ortho intramolecular Hbond substituents is 1. The molecule has 0 spiro atoms. The first kappa shape index (κ1) is 25.2. The largest absolute Gasteiger partial charge is 0.508 e. The Morgan fingerprint density at radius 2 is 2.03 bits per heavy atom. The molecule has 3 unspecified atom stereocenters. The van der Waals surface area contributed by atoms with Gasteiger partial charge in [0.2, 0.25) is 5.95 Å². The van der Waals surface area contributed by atoms with E-state index in [4.69, 9.17) is 10.5 Å². The van der Waals surface area contributed by atoms with Gasteiger partial charge in [-0.2, -0.15) is 18.2 Å². The number of nitrogens with two attached hydrogens (primary N) is 1. The molecule has 4 N–H and O–H groups in total. The van der Waals surface area contributed by atoms with Crippen molar-refractivity contribution < 1.29 is 37.0 Å². The van der Waals surface area contributed by atoms with Crippen LogP contribution in [0.25, 0.3) is 11.2 Å².